The van der Waals surface area contributed by atoms with E-state index in [4.69, 9.17) is 9.47 Å². The van der Waals surface area contributed by atoms with Gasteiger partial charge < -0.3 is 25.0 Å². The minimum absolute atomic E-state index is 0. The van der Waals surface area contributed by atoms with Gasteiger partial charge in [-0.25, -0.2) is 0 Å². The number of methoxy groups -OCH3 is 1. The zero-order valence-corrected chi connectivity index (χ0v) is 18.7. The first kappa shape index (κ1) is 25.1. The van der Waals surface area contributed by atoms with Gasteiger partial charge in [0.1, 0.15) is 0 Å². The molecule has 0 unspecified atom stereocenters. The second-order valence-electron chi connectivity index (χ2n) is 5.87. The van der Waals surface area contributed by atoms with E-state index >= 15 is 0 Å². The highest BCUT2D eigenvalue weighted by Crippen LogP contribution is 2.01. The van der Waals surface area contributed by atoms with Crippen molar-refractivity contribution < 1.29 is 9.47 Å². The van der Waals surface area contributed by atoms with E-state index in [2.05, 4.69) is 58.8 Å². The molecule has 1 aromatic carbocycles. The SMILES string of the molecule is CCNC(=NCCCOCCOC)NCCN(C)Cc1ccccc1.I. The van der Waals surface area contributed by atoms with E-state index in [0.29, 0.717) is 19.8 Å². The van der Waals surface area contributed by atoms with Crippen LogP contribution in [0.1, 0.15) is 18.9 Å². The monoisotopic (exact) mass is 478 g/mol. The average molecular weight is 478 g/mol. The zero-order chi connectivity index (χ0) is 18.2. The zero-order valence-electron chi connectivity index (χ0n) is 16.4. The van der Waals surface area contributed by atoms with Crippen LogP contribution < -0.4 is 10.6 Å². The summed E-state index contributed by atoms with van der Waals surface area (Å²) in [6.45, 7) is 8.46. The molecule has 0 aliphatic heterocycles. The van der Waals surface area contributed by atoms with Crippen LogP contribution in [0.25, 0.3) is 0 Å². The average Bonchev–Trinajstić information content (AvgIpc) is 2.61. The minimum atomic E-state index is 0. The van der Waals surface area contributed by atoms with E-state index in [-0.39, 0.29) is 24.0 Å². The van der Waals surface area contributed by atoms with Crippen LogP contribution in [0.4, 0.5) is 0 Å². The van der Waals surface area contributed by atoms with Gasteiger partial charge in [0, 0.05) is 46.4 Å². The number of aliphatic imine (C=N–C) groups is 1. The molecule has 0 saturated carbocycles. The lowest BCUT2D eigenvalue weighted by Gasteiger charge is -2.18. The molecule has 0 spiro atoms. The Kier molecular flexibility index (Phi) is 16.9. The number of hydrogen-bond acceptors (Lipinski definition) is 4. The summed E-state index contributed by atoms with van der Waals surface area (Å²) in [5.74, 6) is 0.868. The van der Waals surface area contributed by atoms with Crippen LogP contribution in [-0.4, -0.2) is 71.0 Å². The van der Waals surface area contributed by atoms with Crippen LogP contribution in [0.2, 0.25) is 0 Å². The number of hydrogen-bond donors (Lipinski definition) is 2. The molecule has 1 aromatic rings. The maximum Gasteiger partial charge on any atom is 0.191 e. The number of ether oxygens (including phenoxy) is 2. The van der Waals surface area contributed by atoms with Crippen LogP contribution in [-0.2, 0) is 16.0 Å². The molecule has 150 valence electrons. The second-order valence-corrected chi connectivity index (χ2v) is 5.87. The molecule has 0 aliphatic rings. The van der Waals surface area contributed by atoms with Crippen molar-refractivity contribution in [2.75, 3.05) is 60.2 Å². The Morgan fingerprint density at radius 1 is 1.12 bits per heavy atom. The molecule has 6 nitrogen and oxygen atoms in total. The Bertz CT molecular complexity index is 460. The molecule has 0 heterocycles. The van der Waals surface area contributed by atoms with Gasteiger partial charge in [-0.05, 0) is 26.0 Å². The molecule has 0 aromatic heterocycles. The molecule has 0 aliphatic carbocycles. The van der Waals surface area contributed by atoms with E-state index < -0.39 is 0 Å². The smallest absolute Gasteiger partial charge is 0.191 e. The van der Waals surface area contributed by atoms with E-state index in [1.54, 1.807) is 7.11 Å². The summed E-state index contributed by atoms with van der Waals surface area (Å²) in [5, 5.41) is 6.66. The van der Waals surface area contributed by atoms with E-state index in [9.17, 15) is 0 Å². The fraction of sp³-hybridized carbons (Fsp3) is 0.632. The van der Waals surface area contributed by atoms with Gasteiger partial charge in [-0.15, -0.1) is 24.0 Å². The van der Waals surface area contributed by atoms with Crippen molar-refractivity contribution in [3.8, 4) is 0 Å². The van der Waals surface area contributed by atoms with Crippen LogP contribution in [0.3, 0.4) is 0 Å². The molecule has 0 amide bonds. The molecular weight excluding hydrogens is 443 g/mol. The summed E-state index contributed by atoms with van der Waals surface area (Å²) in [7, 11) is 3.81. The fourth-order valence-electron chi connectivity index (χ4n) is 2.28. The summed E-state index contributed by atoms with van der Waals surface area (Å²) in [6, 6.07) is 10.5. The Morgan fingerprint density at radius 3 is 2.58 bits per heavy atom. The first-order valence-electron chi connectivity index (χ1n) is 9.07. The van der Waals surface area contributed by atoms with Gasteiger partial charge in [-0.2, -0.15) is 0 Å². The van der Waals surface area contributed by atoms with Gasteiger partial charge in [0.05, 0.1) is 13.2 Å². The van der Waals surface area contributed by atoms with E-state index in [1.165, 1.54) is 5.56 Å². The summed E-state index contributed by atoms with van der Waals surface area (Å²) in [4.78, 5) is 6.88. The van der Waals surface area contributed by atoms with Gasteiger partial charge in [0.25, 0.3) is 0 Å². The number of halogens is 1. The second kappa shape index (κ2) is 17.5. The van der Waals surface area contributed by atoms with Crippen molar-refractivity contribution in [3.05, 3.63) is 35.9 Å². The van der Waals surface area contributed by atoms with Gasteiger partial charge >= 0.3 is 0 Å². The third kappa shape index (κ3) is 13.3. The van der Waals surface area contributed by atoms with Crippen molar-refractivity contribution >= 4 is 29.9 Å². The number of guanidine groups is 1. The van der Waals surface area contributed by atoms with Gasteiger partial charge in [0.2, 0.25) is 0 Å². The number of rotatable bonds is 13. The highest BCUT2D eigenvalue weighted by molar-refractivity contribution is 14.0. The maximum absolute atomic E-state index is 5.44. The molecule has 0 atom stereocenters. The quantitative estimate of drug-likeness (QED) is 0.197. The van der Waals surface area contributed by atoms with Crippen molar-refractivity contribution in [3.63, 3.8) is 0 Å². The Morgan fingerprint density at radius 2 is 1.88 bits per heavy atom. The highest BCUT2D eigenvalue weighted by Gasteiger charge is 2.01. The lowest BCUT2D eigenvalue weighted by molar-refractivity contribution is 0.0702. The molecule has 0 radical (unpaired) electrons. The third-order valence-electron chi connectivity index (χ3n) is 3.57. The number of likely N-dealkylation sites (N-methyl/N-ethyl adjacent to an activating group) is 1. The van der Waals surface area contributed by atoms with Crippen molar-refractivity contribution in [1.29, 1.82) is 0 Å². The van der Waals surface area contributed by atoms with Crippen molar-refractivity contribution in [2.45, 2.75) is 19.9 Å². The molecule has 7 heteroatoms. The number of nitrogens with one attached hydrogen (secondary N) is 2. The Labute approximate surface area is 175 Å². The van der Waals surface area contributed by atoms with Crippen molar-refractivity contribution in [1.82, 2.24) is 15.5 Å². The third-order valence-corrected chi connectivity index (χ3v) is 3.57. The summed E-state index contributed by atoms with van der Waals surface area (Å²) >= 11 is 0. The van der Waals surface area contributed by atoms with Crippen molar-refractivity contribution in [2.24, 2.45) is 4.99 Å². The number of nitrogens with zero attached hydrogens (tertiary/aromatic N) is 2. The molecule has 0 saturated heterocycles. The topological polar surface area (TPSA) is 58.1 Å². The Hall–Kier alpha value is -0.900. The molecule has 0 bridgehead atoms. The standard InChI is InChI=1S/C19H34N4O2.HI/c1-4-20-19(21-11-8-14-25-16-15-24-3)22-12-13-23(2)17-18-9-6-5-7-10-18;/h5-7,9-10H,4,8,11-17H2,1-3H3,(H2,20,21,22);1H. The summed E-state index contributed by atoms with van der Waals surface area (Å²) in [5.41, 5.74) is 1.33. The van der Waals surface area contributed by atoms with Gasteiger partial charge in [-0.1, -0.05) is 30.3 Å². The molecular formula is C19H35IN4O2. The largest absolute Gasteiger partial charge is 0.382 e. The summed E-state index contributed by atoms with van der Waals surface area (Å²) < 4.78 is 10.4. The predicted molar refractivity (Wildman–Crippen MR) is 119 cm³/mol. The minimum Gasteiger partial charge on any atom is -0.382 e. The molecule has 0 fully saturated rings. The van der Waals surface area contributed by atoms with Crippen LogP contribution in [0, 0.1) is 0 Å². The van der Waals surface area contributed by atoms with Gasteiger partial charge in [-0.3, -0.25) is 4.99 Å². The fourth-order valence-corrected chi connectivity index (χ4v) is 2.28. The maximum atomic E-state index is 5.44. The normalized spacial score (nSPS) is 11.3. The molecule has 1 rings (SSSR count). The van der Waals surface area contributed by atoms with Crippen LogP contribution in [0.5, 0.6) is 0 Å². The predicted octanol–water partition coefficient (Wildman–Crippen LogP) is 2.34. The molecule has 26 heavy (non-hydrogen) atoms. The van der Waals surface area contributed by atoms with Gasteiger partial charge in [0.15, 0.2) is 5.96 Å². The van der Waals surface area contributed by atoms with E-state index in [1.807, 2.05) is 6.07 Å². The first-order chi connectivity index (χ1) is 12.3. The highest BCUT2D eigenvalue weighted by atomic mass is 127. The Balaban J connectivity index is 0.00000625. The van der Waals surface area contributed by atoms with E-state index in [0.717, 1.165) is 45.1 Å². The summed E-state index contributed by atoms with van der Waals surface area (Å²) in [6.07, 6.45) is 0.911. The van der Waals surface area contributed by atoms with Crippen LogP contribution >= 0.6 is 24.0 Å². The first-order valence-corrected chi connectivity index (χ1v) is 9.07. The lowest BCUT2D eigenvalue weighted by Crippen LogP contribution is -2.41. The number of benzene rings is 1. The van der Waals surface area contributed by atoms with Crippen LogP contribution in [0.15, 0.2) is 35.3 Å². The molecule has 2 N–H and O–H groups in total. The lowest BCUT2D eigenvalue weighted by atomic mass is 10.2.